The van der Waals surface area contributed by atoms with E-state index in [0.29, 0.717) is 0 Å². The molecule has 1 amide bonds. The number of hydrogen-bond acceptors (Lipinski definition) is 4. The number of nitrogens with one attached hydrogen (secondary N) is 1. The monoisotopic (exact) mass is 283 g/mol. The molecule has 1 fully saturated rings. The lowest BCUT2D eigenvalue weighted by molar-refractivity contribution is -0.123. The maximum Gasteiger partial charge on any atom is 0.243 e. The van der Waals surface area contributed by atoms with Crippen LogP contribution in [0.2, 0.25) is 0 Å². The number of rotatable bonds is 3. The highest BCUT2D eigenvalue weighted by molar-refractivity contribution is 5.80. The molecule has 6 nitrogen and oxygen atoms in total. The maximum atomic E-state index is 12.2. The molecule has 2 aromatic rings. The lowest BCUT2D eigenvalue weighted by atomic mass is 9.83. The summed E-state index contributed by atoms with van der Waals surface area (Å²) in [5, 5.41) is 20.3. The molecule has 0 radical (unpaired) electrons. The van der Waals surface area contributed by atoms with Crippen LogP contribution in [-0.4, -0.2) is 26.4 Å². The van der Waals surface area contributed by atoms with Crippen molar-refractivity contribution in [3.63, 3.8) is 0 Å². The van der Waals surface area contributed by atoms with Crippen LogP contribution in [0.1, 0.15) is 32.1 Å². The Labute approximate surface area is 122 Å². The second kappa shape index (κ2) is 5.52. The Morgan fingerprint density at radius 1 is 1.33 bits per heavy atom. The van der Waals surface area contributed by atoms with Crippen LogP contribution >= 0.6 is 0 Å². The number of hydrogen-bond donors (Lipinski definition) is 1. The predicted octanol–water partition coefficient (Wildman–Crippen LogP) is 1.77. The molecule has 0 bridgehead atoms. The van der Waals surface area contributed by atoms with Gasteiger partial charge >= 0.3 is 0 Å². The molecule has 108 valence electrons. The molecule has 0 atom stereocenters. The van der Waals surface area contributed by atoms with Crippen molar-refractivity contribution in [2.45, 2.75) is 44.2 Å². The van der Waals surface area contributed by atoms with Crippen molar-refractivity contribution < 1.29 is 4.79 Å². The molecule has 21 heavy (non-hydrogen) atoms. The highest BCUT2D eigenvalue weighted by Gasteiger charge is 2.33. The molecule has 3 rings (SSSR count). The van der Waals surface area contributed by atoms with E-state index in [1.165, 1.54) is 0 Å². The van der Waals surface area contributed by atoms with E-state index in [9.17, 15) is 10.1 Å². The van der Waals surface area contributed by atoms with Gasteiger partial charge in [0.25, 0.3) is 0 Å². The van der Waals surface area contributed by atoms with Crippen LogP contribution in [0.4, 0.5) is 0 Å². The fourth-order valence-electron chi connectivity index (χ4n) is 2.90. The third-order valence-electron chi connectivity index (χ3n) is 4.01. The van der Waals surface area contributed by atoms with Gasteiger partial charge in [0.15, 0.2) is 0 Å². The minimum atomic E-state index is -0.703. The summed E-state index contributed by atoms with van der Waals surface area (Å²) in [5.41, 5.74) is 0.881. The quantitative estimate of drug-likeness (QED) is 0.930. The van der Waals surface area contributed by atoms with E-state index in [1.807, 2.05) is 24.3 Å². The third kappa shape index (κ3) is 2.72. The second-order valence-corrected chi connectivity index (χ2v) is 5.54. The van der Waals surface area contributed by atoms with Gasteiger partial charge in [-0.1, -0.05) is 36.6 Å². The van der Waals surface area contributed by atoms with Gasteiger partial charge in [-0.3, -0.25) is 4.79 Å². The molecular weight excluding hydrogens is 266 g/mol. The first-order chi connectivity index (χ1) is 10.2. The number of carbonyl (C=O) groups is 1. The van der Waals surface area contributed by atoms with Crippen molar-refractivity contribution >= 4 is 16.9 Å². The summed E-state index contributed by atoms with van der Waals surface area (Å²) in [4.78, 5) is 12.2. The van der Waals surface area contributed by atoms with Gasteiger partial charge in [-0.2, -0.15) is 5.26 Å². The van der Waals surface area contributed by atoms with E-state index in [0.717, 1.165) is 43.1 Å². The van der Waals surface area contributed by atoms with Crippen LogP contribution in [0.3, 0.4) is 0 Å². The summed E-state index contributed by atoms with van der Waals surface area (Å²) < 4.78 is 1.57. The molecule has 0 saturated heterocycles. The standard InChI is InChI=1S/C15H17N5O/c16-11-15(8-4-1-5-9-15)17-14(21)10-20-13-7-3-2-6-12(13)18-19-20/h2-3,6-7H,1,4-5,8-10H2,(H,17,21). The van der Waals surface area contributed by atoms with Crippen molar-refractivity contribution in [1.82, 2.24) is 20.3 Å². The van der Waals surface area contributed by atoms with Crippen LogP contribution in [-0.2, 0) is 11.3 Å². The zero-order valence-corrected chi connectivity index (χ0v) is 11.7. The molecule has 6 heteroatoms. The second-order valence-electron chi connectivity index (χ2n) is 5.54. The van der Waals surface area contributed by atoms with Crippen molar-refractivity contribution in [3.8, 4) is 6.07 Å². The zero-order valence-electron chi connectivity index (χ0n) is 11.7. The Bertz CT molecular complexity index is 693. The van der Waals surface area contributed by atoms with Crippen molar-refractivity contribution in [3.05, 3.63) is 24.3 Å². The smallest absolute Gasteiger partial charge is 0.243 e. The number of carbonyl (C=O) groups excluding carboxylic acids is 1. The van der Waals surface area contributed by atoms with E-state index < -0.39 is 5.54 Å². The van der Waals surface area contributed by atoms with Crippen molar-refractivity contribution in [2.75, 3.05) is 0 Å². The average molecular weight is 283 g/mol. The van der Waals surface area contributed by atoms with E-state index in [4.69, 9.17) is 0 Å². The normalized spacial score (nSPS) is 17.3. The van der Waals surface area contributed by atoms with Crippen LogP contribution in [0, 0.1) is 11.3 Å². The fraction of sp³-hybridized carbons (Fsp3) is 0.467. The molecule has 1 saturated carbocycles. The molecular formula is C15H17N5O. The van der Waals surface area contributed by atoms with E-state index in [1.54, 1.807) is 4.68 Å². The molecule has 1 aliphatic carbocycles. The molecule has 1 aromatic heterocycles. The fourth-order valence-corrected chi connectivity index (χ4v) is 2.90. The summed E-state index contributed by atoms with van der Waals surface area (Å²) in [6, 6.07) is 9.79. The molecule has 1 aliphatic rings. The van der Waals surface area contributed by atoms with Gasteiger partial charge in [-0.05, 0) is 25.0 Å². The summed E-state index contributed by atoms with van der Waals surface area (Å²) in [7, 11) is 0. The Balaban J connectivity index is 1.73. The Morgan fingerprint density at radius 3 is 2.86 bits per heavy atom. The van der Waals surface area contributed by atoms with E-state index in [-0.39, 0.29) is 12.5 Å². The predicted molar refractivity (Wildman–Crippen MR) is 77.1 cm³/mol. The van der Waals surface area contributed by atoms with Crippen LogP contribution in [0.5, 0.6) is 0 Å². The summed E-state index contributed by atoms with van der Waals surface area (Å²) >= 11 is 0. The van der Waals surface area contributed by atoms with E-state index in [2.05, 4.69) is 21.7 Å². The number of para-hydroxylation sites is 1. The van der Waals surface area contributed by atoms with Gasteiger partial charge in [0.1, 0.15) is 17.6 Å². The summed E-state index contributed by atoms with van der Waals surface area (Å²) in [6.45, 7) is 0.0872. The van der Waals surface area contributed by atoms with Crippen molar-refractivity contribution in [1.29, 1.82) is 5.26 Å². The molecule has 0 aliphatic heterocycles. The van der Waals surface area contributed by atoms with Gasteiger partial charge in [-0.15, -0.1) is 5.10 Å². The number of nitriles is 1. The molecule has 0 spiro atoms. The van der Waals surface area contributed by atoms with Gasteiger partial charge in [0.2, 0.25) is 5.91 Å². The van der Waals surface area contributed by atoms with Gasteiger partial charge in [0.05, 0.1) is 11.6 Å². The number of fused-ring (bicyclic) bond motifs is 1. The lowest BCUT2D eigenvalue weighted by Gasteiger charge is -2.31. The topological polar surface area (TPSA) is 83.6 Å². The highest BCUT2D eigenvalue weighted by Crippen LogP contribution is 2.27. The maximum absolute atomic E-state index is 12.2. The minimum Gasteiger partial charge on any atom is -0.336 e. The minimum absolute atomic E-state index is 0.0872. The molecule has 1 N–H and O–H groups in total. The SMILES string of the molecule is N#CC1(NC(=O)Cn2nnc3ccccc32)CCCCC1. The van der Waals surface area contributed by atoms with Crippen LogP contribution in [0.25, 0.3) is 11.0 Å². The first-order valence-corrected chi connectivity index (χ1v) is 7.23. The third-order valence-corrected chi connectivity index (χ3v) is 4.01. The number of aromatic nitrogens is 3. The zero-order chi connectivity index (χ0) is 14.7. The average Bonchev–Trinajstić information content (AvgIpc) is 2.91. The van der Waals surface area contributed by atoms with Crippen molar-refractivity contribution in [2.24, 2.45) is 0 Å². The first-order valence-electron chi connectivity index (χ1n) is 7.23. The number of nitrogens with zero attached hydrogens (tertiary/aromatic N) is 4. The molecule has 1 heterocycles. The number of amides is 1. The van der Waals surface area contributed by atoms with Crippen LogP contribution in [0.15, 0.2) is 24.3 Å². The Kier molecular flexibility index (Phi) is 3.57. The summed E-state index contributed by atoms with van der Waals surface area (Å²) in [5.74, 6) is -0.186. The van der Waals surface area contributed by atoms with Gasteiger partial charge < -0.3 is 5.32 Å². The van der Waals surface area contributed by atoms with E-state index >= 15 is 0 Å². The van der Waals surface area contributed by atoms with Gasteiger partial charge in [0, 0.05) is 0 Å². The molecule has 1 aromatic carbocycles. The van der Waals surface area contributed by atoms with Crippen LogP contribution < -0.4 is 5.32 Å². The highest BCUT2D eigenvalue weighted by atomic mass is 16.2. The number of benzene rings is 1. The summed E-state index contributed by atoms with van der Waals surface area (Å²) in [6.07, 6.45) is 4.56. The molecule has 0 unspecified atom stereocenters. The Hall–Kier alpha value is -2.42. The van der Waals surface area contributed by atoms with Gasteiger partial charge in [-0.25, -0.2) is 4.68 Å². The first kappa shape index (κ1) is 13.6. The Morgan fingerprint density at radius 2 is 2.10 bits per heavy atom. The largest absolute Gasteiger partial charge is 0.336 e. The lowest BCUT2D eigenvalue weighted by Crippen LogP contribution is -2.49.